The highest BCUT2D eigenvalue weighted by Gasteiger charge is 2.10. The Balaban J connectivity index is 2.05. The first-order valence-corrected chi connectivity index (χ1v) is 6.08. The smallest absolute Gasteiger partial charge is 0.171 e. The molecule has 0 unspecified atom stereocenters. The predicted molar refractivity (Wildman–Crippen MR) is 70.5 cm³/mol. The van der Waals surface area contributed by atoms with E-state index in [-0.39, 0.29) is 0 Å². The van der Waals surface area contributed by atoms with Gasteiger partial charge in [-0.3, -0.25) is 0 Å². The second kappa shape index (κ2) is 6.54. The molecule has 96 valence electrons. The van der Waals surface area contributed by atoms with Gasteiger partial charge in [-0.15, -0.1) is 0 Å². The Kier molecular flexibility index (Phi) is 4.75. The van der Waals surface area contributed by atoms with Crippen molar-refractivity contribution >= 4 is 11.6 Å². The fraction of sp³-hybridized carbons (Fsp3) is 0.308. The topological polar surface area (TPSA) is 47.3 Å². The minimum atomic E-state index is 0.682. The molecule has 2 aromatic rings. The largest absolute Gasteiger partial charge is 0.383 e. The summed E-state index contributed by atoms with van der Waals surface area (Å²) < 4.78 is 10.3. The van der Waals surface area contributed by atoms with Gasteiger partial charge >= 0.3 is 0 Å². The molecule has 0 bridgehead atoms. The van der Waals surface area contributed by atoms with E-state index >= 15 is 0 Å². The maximum Gasteiger partial charge on any atom is 0.171 e. The summed E-state index contributed by atoms with van der Waals surface area (Å²) in [5, 5.41) is 7.81. The summed E-state index contributed by atoms with van der Waals surface area (Å²) >= 11 is 5.86. The van der Waals surface area contributed by atoms with E-state index in [1.165, 1.54) is 0 Å². The first kappa shape index (κ1) is 13.1. The highest BCUT2D eigenvalue weighted by Crippen LogP contribution is 2.24. The first-order valence-electron chi connectivity index (χ1n) is 5.70. The summed E-state index contributed by atoms with van der Waals surface area (Å²) in [6, 6.07) is 7.51. The number of aromatic nitrogens is 1. The van der Waals surface area contributed by atoms with Crippen molar-refractivity contribution < 1.29 is 9.26 Å². The van der Waals surface area contributed by atoms with Crippen molar-refractivity contribution in [3.63, 3.8) is 0 Å². The van der Waals surface area contributed by atoms with Crippen molar-refractivity contribution in [1.29, 1.82) is 0 Å². The van der Waals surface area contributed by atoms with E-state index in [4.69, 9.17) is 20.9 Å². The van der Waals surface area contributed by atoms with Gasteiger partial charge in [0.25, 0.3) is 0 Å². The lowest BCUT2D eigenvalue weighted by atomic mass is 10.1. The highest BCUT2D eigenvalue weighted by atomic mass is 35.5. The molecule has 5 heteroatoms. The average molecular weight is 267 g/mol. The molecule has 0 atom stereocenters. The van der Waals surface area contributed by atoms with Gasteiger partial charge in [-0.05, 0) is 24.3 Å². The number of methoxy groups -OCH3 is 1. The van der Waals surface area contributed by atoms with Crippen LogP contribution in [-0.2, 0) is 11.3 Å². The summed E-state index contributed by atoms with van der Waals surface area (Å²) in [7, 11) is 1.68. The molecule has 0 radical (unpaired) electrons. The van der Waals surface area contributed by atoms with Crippen molar-refractivity contribution in [2.45, 2.75) is 6.54 Å². The van der Waals surface area contributed by atoms with E-state index in [0.29, 0.717) is 18.2 Å². The molecule has 0 saturated heterocycles. The quantitative estimate of drug-likeness (QED) is 0.817. The van der Waals surface area contributed by atoms with Crippen molar-refractivity contribution in [3.8, 4) is 11.3 Å². The molecule has 0 aliphatic carbocycles. The van der Waals surface area contributed by atoms with Gasteiger partial charge in [0.05, 0.1) is 12.8 Å². The van der Waals surface area contributed by atoms with Crippen LogP contribution in [0.4, 0.5) is 0 Å². The predicted octanol–water partition coefficient (Wildman–Crippen LogP) is 2.73. The zero-order valence-corrected chi connectivity index (χ0v) is 10.9. The van der Waals surface area contributed by atoms with E-state index in [9.17, 15) is 0 Å². The van der Waals surface area contributed by atoms with Crippen molar-refractivity contribution in [2.75, 3.05) is 20.3 Å². The van der Waals surface area contributed by atoms with Crippen LogP contribution in [0.1, 0.15) is 5.56 Å². The van der Waals surface area contributed by atoms with Crippen LogP contribution in [0.25, 0.3) is 11.3 Å². The summed E-state index contributed by atoms with van der Waals surface area (Å²) in [4.78, 5) is 0. The Morgan fingerprint density at radius 3 is 2.83 bits per heavy atom. The van der Waals surface area contributed by atoms with E-state index in [1.807, 2.05) is 24.3 Å². The Hall–Kier alpha value is -1.36. The van der Waals surface area contributed by atoms with Crippen LogP contribution in [0.15, 0.2) is 35.0 Å². The third kappa shape index (κ3) is 3.32. The summed E-state index contributed by atoms with van der Waals surface area (Å²) in [5.74, 6) is 0.775. The number of nitrogens with zero attached hydrogens (tertiary/aromatic N) is 1. The number of nitrogens with one attached hydrogen (secondary N) is 1. The monoisotopic (exact) mass is 266 g/mol. The Morgan fingerprint density at radius 1 is 1.33 bits per heavy atom. The van der Waals surface area contributed by atoms with Crippen molar-refractivity contribution in [2.24, 2.45) is 0 Å². The van der Waals surface area contributed by atoms with Crippen molar-refractivity contribution in [1.82, 2.24) is 10.5 Å². The summed E-state index contributed by atoms with van der Waals surface area (Å²) in [6.45, 7) is 2.17. The number of hydrogen-bond donors (Lipinski definition) is 1. The zero-order chi connectivity index (χ0) is 12.8. The van der Waals surface area contributed by atoms with Crippen molar-refractivity contribution in [3.05, 3.63) is 41.0 Å². The molecule has 1 aromatic heterocycles. The number of ether oxygens (including phenoxy) is 1. The van der Waals surface area contributed by atoms with E-state index in [0.717, 1.165) is 23.4 Å². The second-order valence-corrected chi connectivity index (χ2v) is 4.29. The standard InChI is InChI=1S/C13H15ClN2O2/c1-17-7-6-15-8-11-9-16-18-13(11)10-2-4-12(14)5-3-10/h2-5,9,15H,6-8H2,1H3. The fourth-order valence-electron chi connectivity index (χ4n) is 1.62. The fourth-order valence-corrected chi connectivity index (χ4v) is 1.75. The van der Waals surface area contributed by atoms with Crippen LogP contribution in [0.3, 0.4) is 0 Å². The van der Waals surface area contributed by atoms with Gasteiger partial charge < -0.3 is 14.6 Å². The molecular formula is C13H15ClN2O2. The molecule has 1 N–H and O–H groups in total. The molecule has 0 fully saturated rings. The molecule has 2 rings (SSSR count). The van der Waals surface area contributed by atoms with Crippen LogP contribution in [0, 0.1) is 0 Å². The van der Waals surface area contributed by atoms with Gasteiger partial charge in [0.1, 0.15) is 0 Å². The molecular weight excluding hydrogens is 252 g/mol. The molecule has 0 spiro atoms. The van der Waals surface area contributed by atoms with Crippen LogP contribution >= 0.6 is 11.6 Å². The Morgan fingerprint density at radius 2 is 2.11 bits per heavy atom. The SMILES string of the molecule is COCCNCc1cnoc1-c1ccc(Cl)cc1. The van der Waals surface area contributed by atoms with E-state index < -0.39 is 0 Å². The number of benzene rings is 1. The third-order valence-electron chi connectivity index (χ3n) is 2.55. The molecule has 0 saturated carbocycles. The number of rotatable bonds is 6. The van der Waals surface area contributed by atoms with E-state index in [1.54, 1.807) is 13.3 Å². The molecule has 1 heterocycles. The lowest BCUT2D eigenvalue weighted by Crippen LogP contribution is -2.18. The molecule has 0 aliphatic rings. The molecule has 1 aromatic carbocycles. The summed E-state index contributed by atoms with van der Waals surface area (Å²) in [5.41, 5.74) is 1.99. The van der Waals surface area contributed by atoms with E-state index in [2.05, 4.69) is 10.5 Å². The van der Waals surface area contributed by atoms with Crippen LogP contribution < -0.4 is 5.32 Å². The van der Waals surface area contributed by atoms with Gasteiger partial charge in [-0.2, -0.15) is 0 Å². The maximum atomic E-state index is 5.86. The average Bonchev–Trinajstić information content (AvgIpc) is 2.84. The first-order chi connectivity index (χ1) is 8.81. The number of hydrogen-bond acceptors (Lipinski definition) is 4. The minimum absolute atomic E-state index is 0.682. The van der Waals surface area contributed by atoms with Gasteiger partial charge in [0, 0.05) is 36.3 Å². The Labute approximate surface area is 111 Å². The minimum Gasteiger partial charge on any atom is -0.383 e. The van der Waals surface area contributed by atoms with Crippen LogP contribution in [0.2, 0.25) is 5.02 Å². The third-order valence-corrected chi connectivity index (χ3v) is 2.80. The number of halogens is 1. The van der Waals surface area contributed by atoms with Crippen LogP contribution in [0.5, 0.6) is 0 Å². The lowest BCUT2D eigenvalue weighted by Gasteiger charge is -2.04. The lowest BCUT2D eigenvalue weighted by molar-refractivity contribution is 0.199. The molecule has 0 amide bonds. The van der Waals surface area contributed by atoms with Crippen LogP contribution in [-0.4, -0.2) is 25.4 Å². The van der Waals surface area contributed by atoms with Gasteiger partial charge in [-0.25, -0.2) is 0 Å². The second-order valence-electron chi connectivity index (χ2n) is 3.86. The van der Waals surface area contributed by atoms with Gasteiger partial charge in [-0.1, -0.05) is 16.8 Å². The zero-order valence-electron chi connectivity index (χ0n) is 10.1. The van der Waals surface area contributed by atoms with Gasteiger partial charge in [0.15, 0.2) is 5.76 Å². The Bertz CT molecular complexity index is 482. The van der Waals surface area contributed by atoms with Gasteiger partial charge in [0.2, 0.25) is 0 Å². The summed E-state index contributed by atoms with van der Waals surface area (Å²) in [6.07, 6.45) is 1.73. The highest BCUT2D eigenvalue weighted by molar-refractivity contribution is 6.30. The molecule has 0 aliphatic heterocycles. The normalized spacial score (nSPS) is 10.8. The molecule has 18 heavy (non-hydrogen) atoms. The maximum absolute atomic E-state index is 5.86. The molecule has 4 nitrogen and oxygen atoms in total.